The highest BCUT2D eigenvalue weighted by atomic mass is 16.2. The smallest absolute Gasteiger partial charge is 0.217 e. The fourth-order valence-electron chi connectivity index (χ4n) is 4.50. The molecule has 0 unspecified atom stereocenters. The predicted octanol–water partition coefficient (Wildman–Crippen LogP) is 2.33. The molecule has 2 heterocycles. The molecule has 1 atom stereocenters. The van der Waals surface area contributed by atoms with Gasteiger partial charge in [-0.15, -0.1) is 0 Å². The van der Waals surface area contributed by atoms with Crippen molar-refractivity contribution in [3.05, 3.63) is 29.1 Å². The van der Waals surface area contributed by atoms with Crippen molar-refractivity contribution in [2.75, 3.05) is 0 Å². The third-order valence-electron chi connectivity index (χ3n) is 5.76. The Hall–Kier alpha value is -2.50. The van der Waals surface area contributed by atoms with E-state index in [1.165, 1.54) is 6.92 Å². The van der Waals surface area contributed by atoms with Gasteiger partial charge in [-0.05, 0) is 59.6 Å². The number of nitrogens with one attached hydrogen (secondary N) is 1. The van der Waals surface area contributed by atoms with Crippen LogP contribution in [0, 0.1) is 12.3 Å². The minimum absolute atomic E-state index is 0.0650. The van der Waals surface area contributed by atoms with Crippen molar-refractivity contribution in [1.82, 2.24) is 9.88 Å². The minimum Gasteiger partial charge on any atom is -0.344 e. The number of Topliss-reactive ketones (excluding diaryl/α,β-unsaturated/α-hetero) is 3. The van der Waals surface area contributed by atoms with E-state index in [1.54, 1.807) is 20.8 Å². The molecule has 0 spiro atoms. The number of fused-ring (bicyclic) bond motifs is 2. The average molecular weight is 370 g/mol. The topological polar surface area (TPSA) is 85.2 Å². The van der Waals surface area contributed by atoms with Crippen LogP contribution in [0.25, 0.3) is 5.57 Å². The molecule has 144 valence electrons. The van der Waals surface area contributed by atoms with Gasteiger partial charge in [-0.3, -0.25) is 19.2 Å². The Labute approximate surface area is 159 Å². The number of carbonyl (C=O) groups is 4. The van der Waals surface area contributed by atoms with Gasteiger partial charge in [0.05, 0.1) is 16.6 Å². The summed E-state index contributed by atoms with van der Waals surface area (Å²) in [6, 6.07) is 1.89. The van der Waals surface area contributed by atoms with Gasteiger partial charge in [0.1, 0.15) is 5.54 Å². The lowest BCUT2D eigenvalue weighted by Gasteiger charge is -2.33. The molecule has 1 aliphatic heterocycles. The van der Waals surface area contributed by atoms with Gasteiger partial charge in [0.15, 0.2) is 17.3 Å². The average Bonchev–Trinajstić information content (AvgIpc) is 3.03. The standard InChI is InChI=1S/C21H26N2O4/c1-11-8-14-15-13(16(25)20(5,6)23(14)10-11)9-21(7,17(15)26)18(27)19(3,4)22-12(2)24/h8,10H,9H2,1-7H3,(H,22,24)/t21-/m1/s1. The van der Waals surface area contributed by atoms with Crippen molar-refractivity contribution >= 4 is 28.8 Å². The third kappa shape index (κ3) is 2.53. The molecule has 0 saturated heterocycles. The number of nitrogens with zero attached hydrogens (tertiary/aromatic N) is 1. The molecule has 6 nitrogen and oxygen atoms in total. The summed E-state index contributed by atoms with van der Waals surface area (Å²) in [6.07, 6.45) is 1.93. The largest absolute Gasteiger partial charge is 0.344 e. The summed E-state index contributed by atoms with van der Waals surface area (Å²) < 4.78 is 1.83. The lowest BCUT2D eigenvalue weighted by Crippen LogP contribution is -2.55. The maximum atomic E-state index is 13.4. The van der Waals surface area contributed by atoms with Crippen LogP contribution in [0.5, 0.6) is 0 Å². The number of aromatic nitrogens is 1. The van der Waals surface area contributed by atoms with Crippen LogP contribution in [0.1, 0.15) is 59.2 Å². The zero-order chi connectivity index (χ0) is 20.5. The summed E-state index contributed by atoms with van der Waals surface area (Å²) in [5.74, 6) is -1.21. The van der Waals surface area contributed by atoms with Gasteiger partial charge in [-0.2, -0.15) is 0 Å². The Balaban J connectivity index is 2.12. The lowest BCUT2D eigenvalue weighted by atomic mass is 9.73. The third-order valence-corrected chi connectivity index (χ3v) is 5.76. The summed E-state index contributed by atoms with van der Waals surface area (Å²) >= 11 is 0. The summed E-state index contributed by atoms with van der Waals surface area (Å²) in [5, 5.41) is 2.62. The van der Waals surface area contributed by atoms with Crippen molar-refractivity contribution in [2.24, 2.45) is 5.41 Å². The molecule has 0 saturated carbocycles. The molecule has 1 aromatic heterocycles. The van der Waals surface area contributed by atoms with Crippen LogP contribution in [-0.2, 0) is 24.7 Å². The monoisotopic (exact) mass is 370 g/mol. The van der Waals surface area contributed by atoms with Crippen LogP contribution in [0.15, 0.2) is 17.8 Å². The van der Waals surface area contributed by atoms with E-state index in [9.17, 15) is 19.2 Å². The highest BCUT2D eigenvalue weighted by Gasteiger charge is 2.57. The van der Waals surface area contributed by atoms with Crippen LogP contribution in [0.3, 0.4) is 0 Å². The summed E-state index contributed by atoms with van der Waals surface area (Å²) in [4.78, 5) is 51.4. The van der Waals surface area contributed by atoms with Gasteiger partial charge in [-0.1, -0.05) is 0 Å². The zero-order valence-corrected chi connectivity index (χ0v) is 16.9. The van der Waals surface area contributed by atoms with Gasteiger partial charge in [-0.25, -0.2) is 0 Å². The molecule has 27 heavy (non-hydrogen) atoms. The summed E-state index contributed by atoms with van der Waals surface area (Å²) in [7, 11) is 0. The van der Waals surface area contributed by atoms with Gasteiger partial charge in [0.2, 0.25) is 5.91 Å². The highest BCUT2D eigenvalue weighted by Crippen LogP contribution is 2.50. The Kier molecular flexibility index (Phi) is 3.93. The van der Waals surface area contributed by atoms with E-state index < -0.39 is 16.5 Å². The first-order valence-corrected chi connectivity index (χ1v) is 9.10. The van der Waals surface area contributed by atoms with Crippen LogP contribution < -0.4 is 5.32 Å². The Morgan fingerprint density at radius 2 is 1.74 bits per heavy atom. The Morgan fingerprint density at radius 1 is 1.15 bits per heavy atom. The molecule has 6 heteroatoms. The van der Waals surface area contributed by atoms with E-state index in [-0.39, 0.29) is 29.7 Å². The Bertz CT molecular complexity index is 945. The first kappa shape index (κ1) is 19.3. The van der Waals surface area contributed by atoms with Crippen LogP contribution in [0.2, 0.25) is 0 Å². The van der Waals surface area contributed by atoms with Gasteiger partial charge >= 0.3 is 0 Å². The SMILES string of the molecule is CC(=O)NC(C)(C)C(=O)[C@]1(C)CC2=C(C1=O)c1cc(C)cn1C(C)(C)C2=O. The van der Waals surface area contributed by atoms with Gasteiger partial charge in [0.25, 0.3) is 0 Å². The van der Waals surface area contributed by atoms with Gasteiger partial charge < -0.3 is 9.88 Å². The van der Waals surface area contributed by atoms with Crippen molar-refractivity contribution in [1.29, 1.82) is 0 Å². The van der Waals surface area contributed by atoms with Crippen molar-refractivity contribution in [2.45, 2.75) is 66.0 Å². The number of hydrogen-bond acceptors (Lipinski definition) is 4. The van der Waals surface area contributed by atoms with E-state index in [0.717, 1.165) is 5.56 Å². The second kappa shape index (κ2) is 5.50. The lowest BCUT2D eigenvalue weighted by molar-refractivity contribution is -0.142. The second-order valence-corrected chi connectivity index (χ2v) is 8.99. The highest BCUT2D eigenvalue weighted by molar-refractivity contribution is 6.38. The van der Waals surface area contributed by atoms with E-state index >= 15 is 0 Å². The number of rotatable bonds is 3. The number of ketones is 3. The maximum absolute atomic E-state index is 13.4. The first-order valence-electron chi connectivity index (χ1n) is 9.10. The van der Waals surface area contributed by atoms with Crippen molar-refractivity contribution in [3.63, 3.8) is 0 Å². The molecular formula is C21H26N2O4. The van der Waals surface area contributed by atoms with Crippen LogP contribution in [-0.4, -0.2) is 33.4 Å². The number of hydrogen-bond donors (Lipinski definition) is 1. The molecular weight excluding hydrogens is 344 g/mol. The van der Waals surface area contributed by atoms with E-state index in [1.807, 2.05) is 37.6 Å². The number of allylic oxidation sites excluding steroid dienone is 2. The normalized spacial score (nSPS) is 24.0. The molecule has 3 rings (SSSR count). The molecule has 0 fully saturated rings. The van der Waals surface area contributed by atoms with E-state index in [0.29, 0.717) is 16.8 Å². The van der Waals surface area contributed by atoms with E-state index in [4.69, 9.17) is 0 Å². The second-order valence-electron chi connectivity index (χ2n) is 8.99. The minimum atomic E-state index is -1.38. The fourth-order valence-corrected chi connectivity index (χ4v) is 4.50. The summed E-state index contributed by atoms with van der Waals surface area (Å²) in [5.41, 5.74) is -0.995. The first-order chi connectivity index (χ1) is 12.2. The molecule has 1 aliphatic carbocycles. The molecule has 0 radical (unpaired) electrons. The predicted molar refractivity (Wildman–Crippen MR) is 101 cm³/mol. The molecule has 0 bridgehead atoms. The Morgan fingerprint density at radius 3 is 2.30 bits per heavy atom. The maximum Gasteiger partial charge on any atom is 0.217 e. The number of aryl methyl sites for hydroxylation is 1. The van der Waals surface area contributed by atoms with Gasteiger partial charge in [0, 0.05) is 24.3 Å². The van der Waals surface area contributed by atoms with E-state index in [2.05, 4.69) is 5.32 Å². The quantitative estimate of drug-likeness (QED) is 0.828. The molecule has 1 aromatic rings. The number of carbonyl (C=O) groups excluding carboxylic acids is 4. The molecule has 0 aromatic carbocycles. The fraction of sp³-hybridized carbons (Fsp3) is 0.524. The van der Waals surface area contributed by atoms with Crippen molar-refractivity contribution < 1.29 is 19.2 Å². The molecule has 1 amide bonds. The zero-order valence-electron chi connectivity index (χ0n) is 16.9. The van der Waals surface area contributed by atoms with Crippen molar-refractivity contribution in [3.8, 4) is 0 Å². The summed E-state index contributed by atoms with van der Waals surface area (Å²) in [6.45, 7) is 11.7. The molecule has 2 aliphatic rings. The van der Waals surface area contributed by atoms with Crippen LogP contribution in [0.4, 0.5) is 0 Å². The number of amides is 1. The molecule has 1 N–H and O–H groups in total. The van der Waals surface area contributed by atoms with Crippen LogP contribution >= 0.6 is 0 Å².